The number of hydrogen-bond donors (Lipinski definition) is 1. The number of hydrogen-bond acceptors (Lipinski definition) is 7. The van der Waals surface area contributed by atoms with Crippen LogP contribution in [0.1, 0.15) is 0 Å². The minimum Gasteiger partial charge on any atom is -0.379 e. The Kier molecular flexibility index (Phi) is 7.02. The SMILES string of the molecule is Cl.Sc1nnc(SCCN2CCOCC2)s1. The van der Waals surface area contributed by atoms with Gasteiger partial charge in [-0.1, -0.05) is 23.1 Å². The molecule has 0 N–H and O–H groups in total. The molecule has 0 saturated carbocycles. The third-order valence-corrected chi connectivity index (χ3v) is 4.34. The smallest absolute Gasteiger partial charge is 0.175 e. The van der Waals surface area contributed by atoms with Crippen molar-refractivity contribution in [3.63, 3.8) is 0 Å². The maximum Gasteiger partial charge on any atom is 0.175 e. The third kappa shape index (κ3) is 4.77. The maximum atomic E-state index is 5.29. The van der Waals surface area contributed by atoms with Crippen molar-refractivity contribution >= 4 is 48.1 Å². The van der Waals surface area contributed by atoms with Crippen LogP contribution in [-0.4, -0.2) is 53.7 Å². The summed E-state index contributed by atoms with van der Waals surface area (Å²) in [5, 5.41) is 7.87. The Bertz CT molecular complexity index is 306. The molecule has 1 aliphatic heterocycles. The first kappa shape index (κ1) is 14.5. The Morgan fingerprint density at radius 2 is 2.12 bits per heavy atom. The highest BCUT2D eigenvalue weighted by molar-refractivity contribution is 8.01. The second-order valence-corrected chi connectivity index (χ2v) is 6.20. The lowest BCUT2D eigenvalue weighted by molar-refractivity contribution is 0.0410. The first-order chi connectivity index (χ1) is 7.34. The number of thioether (sulfide) groups is 1. The zero-order chi connectivity index (χ0) is 10.5. The molecule has 2 heterocycles. The third-order valence-electron chi connectivity index (χ3n) is 2.13. The van der Waals surface area contributed by atoms with Crippen molar-refractivity contribution in [2.24, 2.45) is 0 Å². The van der Waals surface area contributed by atoms with E-state index in [0.717, 1.165) is 47.3 Å². The highest BCUT2D eigenvalue weighted by Crippen LogP contribution is 2.23. The molecule has 0 atom stereocenters. The normalized spacial score (nSPS) is 17.1. The van der Waals surface area contributed by atoms with Gasteiger partial charge in [-0.3, -0.25) is 4.90 Å². The maximum absolute atomic E-state index is 5.29. The summed E-state index contributed by atoms with van der Waals surface area (Å²) in [6, 6.07) is 0. The van der Waals surface area contributed by atoms with Crippen LogP contribution < -0.4 is 0 Å². The number of thiol groups is 1. The first-order valence-corrected chi connectivity index (χ1v) is 7.05. The van der Waals surface area contributed by atoms with Crippen LogP contribution in [0, 0.1) is 0 Å². The molecule has 0 spiro atoms. The largest absolute Gasteiger partial charge is 0.379 e. The topological polar surface area (TPSA) is 38.2 Å². The first-order valence-electron chi connectivity index (χ1n) is 4.80. The van der Waals surface area contributed by atoms with E-state index in [4.69, 9.17) is 4.74 Å². The molecule has 1 aromatic rings. The molecule has 1 aliphatic rings. The monoisotopic (exact) mass is 299 g/mol. The van der Waals surface area contributed by atoms with Gasteiger partial charge >= 0.3 is 0 Å². The van der Waals surface area contributed by atoms with Crippen LogP contribution in [0.15, 0.2) is 8.68 Å². The molecule has 4 nitrogen and oxygen atoms in total. The van der Waals surface area contributed by atoms with Crippen LogP contribution in [0.25, 0.3) is 0 Å². The van der Waals surface area contributed by atoms with E-state index in [-0.39, 0.29) is 12.4 Å². The lowest BCUT2D eigenvalue weighted by atomic mass is 10.4. The molecule has 92 valence electrons. The summed E-state index contributed by atoms with van der Waals surface area (Å²) in [7, 11) is 0. The van der Waals surface area contributed by atoms with Crippen molar-refractivity contribution in [3.8, 4) is 0 Å². The number of morpholine rings is 1. The molecule has 1 fully saturated rings. The number of nitrogens with zero attached hydrogens (tertiary/aromatic N) is 3. The van der Waals surface area contributed by atoms with Gasteiger partial charge in [0.15, 0.2) is 8.68 Å². The molecule has 0 bridgehead atoms. The van der Waals surface area contributed by atoms with Gasteiger partial charge in [-0.15, -0.1) is 35.2 Å². The lowest BCUT2D eigenvalue weighted by Gasteiger charge is -2.25. The quantitative estimate of drug-likeness (QED) is 0.676. The van der Waals surface area contributed by atoms with Crippen molar-refractivity contribution in [3.05, 3.63) is 0 Å². The van der Waals surface area contributed by atoms with Crippen molar-refractivity contribution < 1.29 is 4.74 Å². The molecule has 0 aliphatic carbocycles. The van der Waals surface area contributed by atoms with E-state index >= 15 is 0 Å². The fourth-order valence-corrected chi connectivity index (χ4v) is 3.50. The fraction of sp³-hybridized carbons (Fsp3) is 0.750. The summed E-state index contributed by atoms with van der Waals surface area (Å²) in [6.07, 6.45) is 0. The molecular formula is C8H14ClN3OS3. The van der Waals surface area contributed by atoms with E-state index in [0.29, 0.717) is 0 Å². The van der Waals surface area contributed by atoms with Gasteiger partial charge in [0, 0.05) is 25.4 Å². The van der Waals surface area contributed by atoms with Gasteiger partial charge in [0.05, 0.1) is 13.2 Å². The predicted molar refractivity (Wildman–Crippen MR) is 72.4 cm³/mol. The van der Waals surface area contributed by atoms with Gasteiger partial charge in [-0.2, -0.15) is 0 Å². The molecule has 8 heteroatoms. The lowest BCUT2D eigenvalue weighted by Crippen LogP contribution is -2.37. The molecule has 0 unspecified atom stereocenters. The van der Waals surface area contributed by atoms with E-state index in [9.17, 15) is 0 Å². The molecule has 1 aromatic heterocycles. The Morgan fingerprint density at radius 1 is 1.38 bits per heavy atom. The van der Waals surface area contributed by atoms with E-state index in [1.807, 2.05) is 0 Å². The van der Waals surface area contributed by atoms with Gasteiger partial charge in [0.25, 0.3) is 0 Å². The molecule has 0 aromatic carbocycles. The van der Waals surface area contributed by atoms with Crippen LogP contribution in [0.3, 0.4) is 0 Å². The van der Waals surface area contributed by atoms with E-state index in [1.165, 1.54) is 11.3 Å². The summed E-state index contributed by atoms with van der Waals surface area (Å²) in [4.78, 5) is 2.42. The minimum atomic E-state index is 0. The minimum absolute atomic E-state index is 0. The Labute approximate surface area is 115 Å². The number of ether oxygens (including phenoxy) is 1. The average molecular weight is 300 g/mol. The van der Waals surface area contributed by atoms with Crippen LogP contribution >= 0.6 is 48.1 Å². The molecular weight excluding hydrogens is 286 g/mol. The zero-order valence-electron chi connectivity index (χ0n) is 8.66. The Morgan fingerprint density at radius 3 is 2.75 bits per heavy atom. The van der Waals surface area contributed by atoms with E-state index in [1.54, 1.807) is 11.8 Å². The standard InChI is InChI=1S/C8H13N3OS3.ClH/c13-7-9-10-8(15-7)14-6-3-11-1-4-12-5-2-11;/h1-6H2,(H,9,13);1H. The Hall–Kier alpha value is 0.470. The number of rotatable bonds is 4. The summed E-state index contributed by atoms with van der Waals surface area (Å²) in [5.41, 5.74) is 0. The van der Waals surface area contributed by atoms with Crippen molar-refractivity contribution in [1.29, 1.82) is 0 Å². The second kappa shape index (κ2) is 7.73. The van der Waals surface area contributed by atoms with Crippen LogP contribution in [-0.2, 0) is 4.74 Å². The van der Waals surface area contributed by atoms with E-state index in [2.05, 4.69) is 27.7 Å². The summed E-state index contributed by atoms with van der Waals surface area (Å²) < 4.78 is 7.04. The fourth-order valence-electron chi connectivity index (χ4n) is 1.35. The summed E-state index contributed by atoms with van der Waals surface area (Å²) >= 11 is 7.42. The van der Waals surface area contributed by atoms with Crippen molar-refractivity contribution in [2.75, 3.05) is 38.6 Å². The van der Waals surface area contributed by atoms with Crippen LogP contribution in [0.5, 0.6) is 0 Å². The molecule has 16 heavy (non-hydrogen) atoms. The van der Waals surface area contributed by atoms with Crippen LogP contribution in [0.2, 0.25) is 0 Å². The molecule has 1 saturated heterocycles. The van der Waals surface area contributed by atoms with Crippen molar-refractivity contribution in [1.82, 2.24) is 15.1 Å². The van der Waals surface area contributed by atoms with Gasteiger partial charge in [-0.25, -0.2) is 0 Å². The summed E-state index contributed by atoms with van der Waals surface area (Å²) in [6.45, 7) is 4.92. The number of aromatic nitrogens is 2. The highest BCUT2D eigenvalue weighted by atomic mass is 35.5. The molecule has 0 amide bonds. The average Bonchev–Trinajstić information content (AvgIpc) is 2.66. The van der Waals surface area contributed by atoms with E-state index < -0.39 is 0 Å². The van der Waals surface area contributed by atoms with Gasteiger partial charge in [0.1, 0.15) is 0 Å². The van der Waals surface area contributed by atoms with Gasteiger partial charge in [0.2, 0.25) is 0 Å². The van der Waals surface area contributed by atoms with Crippen LogP contribution in [0.4, 0.5) is 0 Å². The predicted octanol–water partition coefficient (Wildman–Crippen LogP) is 1.67. The highest BCUT2D eigenvalue weighted by Gasteiger charge is 2.10. The zero-order valence-corrected chi connectivity index (χ0v) is 12.0. The van der Waals surface area contributed by atoms with Gasteiger partial charge in [-0.05, 0) is 0 Å². The molecule has 2 rings (SSSR count). The van der Waals surface area contributed by atoms with Gasteiger partial charge < -0.3 is 4.74 Å². The number of halogens is 1. The summed E-state index contributed by atoms with van der Waals surface area (Å²) in [5.74, 6) is 1.06. The van der Waals surface area contributed by atoms with Crippen molar-refractivity contribution in [2.45, 2.75) is 8.68 Å². The molecule has 0 radical (unpaired) electrons. The second-order valence-electron chi connectivity index (χ2n) is 3.15. The Balaban J connectivity index is 0.00000128.